The molecule has 0 unspecified atom stereocenters. The number of carbonyl (C=O) groups excluding carboxylic acids is 2. The molecular weight excluding hydrogens is 298 g/mol. The number of anilines is 3. The fourth-order valence-electron chi connectivity index (χ4n) is 1.58. The lowest BCUT2D eigenvalue weighted by Crippen LogP contribution is -2.12. The molecule has 0 aliphatic carbocycles. The molecule has 2 aromatic rings. The molecule has 7 heteroatoms. The number of nitrogen functional groups attached to an aromatic ring is 1. The lowest BCUT2D eigenvalue weighted by Gasteiger charge is -2.08. The van der Waals surface area contributed by atoms with Crippen LogP contribution in [-0.2, 0) is 4.79 Å². The van der Waals surface area contributed by atoms with Crippen molar-refractivity contribution in [3.05, 3.63) is 39.5 Å². The second-order valence-corrected chi connectivity index (χ2v) is 5.36. The van der Waals surface area contributed by atoms with E-state index in [4.69, 9.17) is 17.3 Å². The number of nitrogens with one attached hydrogen (secondary N) is 2. The Kier molecular flexibility index (Phi) is 4.26. The molecule has 1 heterocycles. The standard InChI is InChI=1S/C13H12ClN3O2S/c1-7(18)16-11-3-2-8(6-9(11)14)17-13(19)12-10(15)4-5-20-12/h2-6H,15H2,1H3,(H,16,18)(H,17,19). The molecule has 20 heavy (non-hydrogen) atoms. The van der Waals surface area contributed by atoms with Crippen molar-refractivity contribution in [3.8, 4) is 0 Å². The van der Waals surface area contributed by atoms with E-state index >= 15 is 0 Å². The topological polar surface area (TPSA) is 84.2 Å². The van der Waals surface area contributed by atoms with Gasteiger partial charge in [0.25, 0.3) is 5.91 Å². The number of hydrogen-bond donors (Lipinski definition) is 3. The summed E-state index contributed by atoms with van der Waals surface area (Å²) in [6, 6.07) is 6.51. The van der Waals surface area contributed by atoms with Crippen molar-refractivity contribution in [3.63, 3.8) is 0 Å². The highest BCUT2D eigenvalue weighted by Gasteiger charge is 2.12. The van der Waals surface area contributed by atoms with Gasteiger partial charge in [-0.1, -0.05) is 11.6 Å². The largest absolute Gasteiger partial charge is 0.397 e. The van der Waals surface area contributed by atoms with Crippen LogP contribution in [0.2, 0.25) is 5.02 Å². The minimum atomic E-state index is -0.291. The van der Waals surface area contributed by atoms with Gasteiger partial charge >= 0.3 is 0 Å². The number of carbonyl (C=O) groups is 2. The molecular formula is C13H12ClN3O2S. The number of halogens is 1. The third-order valence-corrected chi connectivity index (χ3v) is 3.68. The van der Waals surface area contributed by atoms with E-state index in [-0.39, 0.29) is 11.8 Å². The highest BCUT2D eigenvalue weighted by molar-refractivity contribution is 7.12. The van der Waals surface area contributed by atoms with Gasteiger partial charge in [-0.15, -0.1) is 11.3 Å². The normalized spacial score (nSPS) is 10.1. The van der Waals surface area contributed by atoms with Gasteiger partial charge in [-0.25, -0.2) is 0 Å². The Bertz CT molecular complexity index is 669. The van der Waals surface area contributed by atoms with Crippen LogP contribution < -0.4 is 16.4 Å². The first-order valence-corrected chi connectivity index (χ1v) is 6.94. The minimum absolute atomic E-state index is 0.213. The number of hydrogen-bond acceptors (Lipinski definition) is 4. The molecule has 1 aromatic heterocycles. The van der Waals surface area contributed by atoms with Crippen LogP contribution in [0.15, 0.2) is 29.6 Å². The number of rotatable bonds is 3. The van der Waals surface area contributed by atoms with E-state index < -0.39 is 0 Å². The molecule has 0 radical (unpaired) electrons. The predicted octanol–water partition coefficient (Wildman–Crippen LogP) is 3.19. The van der Waals surface area contributed by atoms with Gasteiger partial charge < -0.3 is 16.4 Å². The fourth-order valence-corrected chi connectivity index (χ4v) is 2.52. The van der Waals surface area contributed by atoms with Gasteiger partial charge in [0.15, 0.2) is 0 Å². The Balaban J connectivity index is 2.15. The van der Waals surface area contributed by atoms with Crippen molar-refractivity contribution in [2.24, 2.45) is 0 Å². The summed E-state index contributed by atoms with van der Waals surface area (Å²) in [5, 5.41) is 7.38. The van der Waals surface area contributed by atoms with Crippen molar-refractivity contribution in [1.82, 2.24) is 0 Å². The fraction of sp³-hybridized carbons (Fsp3) is 0.0769. The third kappa shape index (κ3) is 3.28. The number of benzene rings is 1. The molecule has 0 spiro atoms. The summed E-state index contributed by atoms with van der Waals surface area (Å²) in [5.74, 6) is -0.504. The maximum absolute atomic E-state index is 12.0. The highest BCUT2D eigenvalue weighted by atomic mass is 35.5. The summed E-state index contributed by atoms with van der Waals surface area (Å²) in [6.07, 6.45) is 0. The Morgan fingerprint density at radius 1 is 1.25 bits per heavy atom. The van der Waals surface area contributed by atoms with Crippen LogP contribution in [0.4, 0.5) is 17.1 Å². The van der Waals surface area contributed by atoms with Crippen LogP contribution in [0.25, 0.3) is 0 Å². The van der Waals surface area contributed by atoms with Gasteiger partial charge in [0.1, 0.15) is 4.88 Å². The summed E-state index contributed by atoms with van der Waals surface area (Å²) in [6.45, 7) is 1.39. The summed E-state index contributed by atoms with van der Waals surface area (Å²) in [7, 11) is 0. The van der Waals surface area contributed by atoms with Gasteiger partial charge in [-0.3, -0.25) is 9.59 Å². The summed E-state index contributed by atoms with van der Waals surface area (Å²) in [4.78, 5) is 23.4. The smallest absolute Gasteiger partial charge is 0.267 e. The molecule has 0 bridgehead atoms. The summed E-state index contributed by atoms with van der Waals surface area (Å²) >= 11 is 7.29. The second kappa shape index (κ2) is 5.94. The van der Waals surface area contributed by atoms with E-state index in [1.54, 1.807) is 29.6 Å². The van der Waals surface area contributed by atoms with Crippen LogP contribution >= 0.6 is 22.9 Å². The first-order chi connectivity index (χ1) is 9.47. The molecule has 2 rings (SSSR count). The van der Waals surface area contributed by atoms with E-state index in [1.807, 2.05) is 0 Å². The molecule has 1 aromatic carbocycles. The second-order valence-electron chi connectivity index (χ2n) is 4.04. The van der Waals surface area contributed by atoms with E-state index in [0.29, 0.717) is 27.0 Å². The van der Waals surface area contributed by atoms with E-state index in [0.717, 1.165) is 0 Å². The Hall–Kier alpha value is -2.05. The highest BCUT2D eigenvalue weighted by Crippen LogP contribution is 2.27. The lowest BCUT2D eigenvalue weighted by molar-refractivity contribution is -0.114. The minimum Gasteiger partial charge on any atom is -0.397 e. The Morgan fingerprint density at radius 3 is 2.55 bits per heavy atom. The van der Waals surface area contributed by atoms with Crippen LogP contribution in [-0.4, -0.2) is 11.8 Å². The van der Waals surface area contributed by atoms with Crippen LogP contribution in [0, 0.1) is 0 Å². The summed E-state index contributed by atoms with van der Waals surface area (Å²) in [5.41, 5.74) is 7.14. The van der Waals surface area contributed by atoms with Gasteiger partial charge in [-0.2, -0.15) is 0 Å². The van der Waals surface area contributed by atoms with Crippen molar-refractivity contribution in [1.29, 1.82) is 0 Å². The van der Waals surface area contributed by atoms with Crippen molar-refractivity contribution in [2.45, 2.75) is 6.92 Å². The SMILES string of the molecule is CC(=O)Nc1ccc(NC(=O)c2sccc2N)cc1Cl. The zero-order chi connectivity index (χ0) is 14.7. The average molecular weight is 310 g/mol. The lowest BCUT2D eigenvalue weighted by atomic mass is 10.2. The van der Waals surface area contributed by atoms with Crippen LogP contribution in [0.1, 0.15) is 16.6 Å². The predicted molar refractivity (Wildman–Crippen MR) is 82.4 cm³/mol. The van der Waals surface area contributed by atoms with Gasteiger partial charge in [0.05, 0.1) is 16.4 Å². The molecule has 4 N–H and O–H groups in total. The van der Waals surface area contributed by atoms with Crippen LogP contribution in [0.3, 0.4) is 0 Å². The number of nitrogens with two attached hydrogens (primary N) is 1. The van der Waals surface area contributed by atoms with Crippen LogP contribution in [0.5, 0.6) is 0 Å². The van der Waals surface area contributed by atoms with Gasteiger partial charge in [0.2, 0.25) is 5.91 Å². The third-order valence-electron chi connectivity index (χ3n) is 2.44. The van der Waals surface area contributed by atoms with Gasteiger partial charge in [-0.05, 0) is 29.6 Å². The summed E-state index contributed by atoms with van der Waals surface area (Å²) < 4.78 is 0. The van der Waals surface area contributed by atoms with Gasteiger partial charge in [0, 0.05) is 12.6 Å². The molecule has 0 saturated heterocycles. The zero-order valence-electron chi connectivity index (χ0n) is 10.6. The number of thiophene rings is 1. The molecule has 0 saturated carbocycles. The van der Waals surface area contributed by atoms with Crippen molar-refractivity contribution >= 4 is 51.8 Å². The van der Waals surface area contributed by atoms with Crippen molar-refractivity contribution in [2.75, 3.05) is 16.4 Å². The molecule has 0 fully saturated rings. The molecule has 0 atom stereocenters. The monoisotopic (exact) mass is 309 g/mol. The van der Waals surface area contributed by atoms with E-state index in [2.05, 4.69) is 10.6 Å². The van der Waals surface area contributed by atoms with E-state index in [1.165, 1.54) is 18.3 Å². The van der Waals surface area contributed by atoms with Crippen molar-refractivity contribution < 1.29 is 9.59 Å². The Labute approximate surface area is 124 Å². The maximum Gasteiger partial charge on any atom is 0.267 e. The first-order valence-electron chi connectivity index (χ1n) is 5.69. The average Bonchev–Trinajstić information content (AvgIpc) is 2.78. The van der Waals surface area contributed by atoms with E-state index in [9.17, 15) is 9.59 Å². The Morgan fingerprint density at radius 2 is 2.00 bits per heavy atom. The molecule has 0 aliphatic rings. The number of amides is 2. The quantitative estimate of drug-likeness (QED) is 0.814. The molecule has 0 aliphatic heterocycles. The molecule has 5 nitrogen and oxygen atoms in total. The zero-order valence-corrected chi connectivity index (χ0v) is 12.1. The maximum atomic E-state index is 12.0. The molecule has 2 amide bonds. The first kappa shape index (κ1) is 14.4. The molecule has 104 valence electrons.